The summed E-state index contributed by atoms with van der Waals surface area (Å²) < 4.78 is 6.05. The van der Waals surface area contributed by atoms with E-state index < -0.39 is 0 Å². The van der Waals surface area contributed by atoms with E-state index in [2.05, 4.69) is 36.3 Å². The summed E-state index contributed by atoms with van der Waals surface area (Å²) in [6, 6.07) is 10.2. The van der Waals surface area contributed by atoms with Crippen LogP contribution in [-0.2, 0) is 6.54 Å². The second-order valence-corrected chi connectivity index (χ2v) is 5.36. The van der Waals surface area contributed by atoms with Crippen LogP contribution in [0.1, 0.15) is 32.4 Å². The fourth-order valence-electron chi connectivity index (χ4n) is 2.39. The second kappa shape index (κ2) is 7.25. The van der Waals surface area contributed by atoms with Crippen LogP contribution < -0.4 is 10.1 Å². The van der Waals surface area contributed by atoms with Gasteiger partial charge in [0.15, 0.2) is 0 Å². The smallest absolute Gasteiger partial charge is 0.130 e. The van der Waals surface area contributed by atoms with Crippen LogP contribution in [0.25, 0.3) is 10.9 Å². The minimum Gasteiger partial charge on any atom is -0.493 e. The van der Waals surface area contributed by atoms with Crippen LogP contribution in [0.15, 0.2) is 30.3 Å². The lowest BCUT2D eigenvalue weighted by Gasteiger charge is -2.15. The topological polar surface area (TPSA) is 34.1 Å². The highest BCUT2D eigenvalue weighted by Crippen LogP contribution is 2.26. The van der Waals surface area contributed by atoms with Gasteiger partial charge in [0.2, 0.25) is 0 Å². The first-order chi connectivity index (χ1) is 9.74. The summed E-state index contributed by atoms with van der Waals surface area (Å²) in [4.78, 5) is 4.65. The molecule has 2 aromatic rings. The van der Waals surface area contributed by atoms with Crippen LogP contribution in [-0.4, -0.2) is 18.6 Å². The molecule has 0 spiro atoms. The van der Waals surface area contributed by atoms with Crippen molar-refractivity contribution in [2.24, 2.45) is 5.92 Å². The number of pyridine rings is 1. The van der Waals surface area contributed by atoms with Crippen molar-refractivity contribution in [1.82, 2.24) is 10.3 Å². The van der Waals surface area contributed by atoms with Crippen molar-refractivity contribution >= 4 is 10.9 Å². The van der Waals surface area contributed by atoms with E-state index in [1.807, 2.05) is 25.2 Å². The summed E-state index contributed by atoms with van der Waals surface area (Å²) in [6.07, 6.45) is 2.40. The minimum atomic E-state index is 0.583. The molecule has 108 valence electrons. The third kappa shape index (κ3) is 3.70. The molecule has 2 rings (SSSR count). The van der Waals surface area contributed by atoms with Crippen LogP contribution >= 0.6 is 0 Å². The van der Waals surface area contributed by atoms with Crippen molar-refractivity contribution in [3.63, 3.8) is 0 Å². The van der Waals surface area contributed by atoms with E-state index in [1.54, 1.807) is 0 Å². The number of ether oxygens (including phenoxy) is 1. The van der Waals surface area contributed by atoms with Gasteiger partial charge in [0.25, 0.3) is 0 Å². The summed E-state index contributed by atoms with van der Waals surface area (Å²) in [5.74, 6) is 1.53. The van der Waals surface area contributed by atoms with Gasteiger partial charge in [-0.2, -0.15) is 0 Å². The van der Waals surface area contributed by atoms with Crippen LogP contribution in [0.2, 0.25) is 0 Å². The number of para-hydroxylation sites is 1. The molecule has 0 aliphatic rings. The molecule has 1 heterocycles. The third-order valence-corrected chi connectivity index (χ3v) is 3.39. The number of nitrogens with zero attached hydrogens (tertiary/aromatic N) is 1. The number of benzene rings is 1. The fraction of sp³-hybridized carbons (Fsp3) is 0.471. The Morgan fingerprint density at radius 2 is 2.10 bits per heavy atom. The molecule has 0 saturated carbocycles. The van der Waals surface area contributed by atoms with Crippen LogP contribution in [0.3, 0.4) is 0 Å². The number of fused-ring (bicyclic) bond motifs is 1. The van der Waals surface area contributed by atoms with Gasteiger partial charge in [-0.15, -0.1) is 0 Å². The highest BCUT2D eigenvalue weighted by atomic mass is 16.5. The largest absolute Gasteiger partial charge is 0.493 e. The van der Waals surface area contributed by atoms with Crippen molar-refractivity contribution < 1.29 is 4.74 Å². The van der Waals surface area contributed by atoms with E-state index in [0.29, 0.717) is 5.92 Å². The molecule has 1 atom stereocenters. The van der Waals surface area contributed by atoms with Crippen molar-refractivity contribution in [2.75, 3.05) is 13.7 Å². The first kappa shape index (κ1) is 14.8. The molecular weight excluding hydrogens is 248 g/mol. The summed E-state index contributed by atoms with van der Waals surface area (Å²) in [6.45, 7) is 5.97. The first-order valence-corrected chi connectivity index (χ1v) is 7.40. The van der Waals surface area contributed by atoms with Crippen LogP contribution in [0.4, 0.5) is 0 Å². The molecule has 3 nitrogen and oxygen atoms in total. The Labute approximate surface area is 121 Å². The molecule has 1 N–H and O–H groups in total. The Kier molecular flexibility index (Phi) is 5.36. The summed E-state index contributed by atoms with van der Waals surface area (Å²) >= 11 is 0. The highest BCUT2D eigenvalue weighted by molar-refractivity contribution is 5.85. The molecule has 1 aromatic carbocycles. The zero-order valence-electron chi connectivity index (χ0n) is 12.6. The summed E-state index contributed by atoms with van der Waals surface area (Å²) in [7, 11) is 1.93. The van der Waals surface area contributed by atoms with E-state index in [4.69, 9.17) is 4.74 Å². The van der Waals surface area contributed by atoms with Gasteiger partial charge in [-0.1, -0.05) is 32.4 Å². The van der Waals surface area contributed by atoms with E-state index in [1.165, 1.54) is 12.8 Å². The number of hydrogen-bond donors (Lipinski definition) is 1. The van der Waals surface area contributed by atoms with Gasteiger partial charge in [-0.05, 0) is 31.5 Å². The number of hydrogen-bond acceptors (Lipinski definition) is 3. The zero-order chi connectivity index (χ0) is 14.4. The van der Waals surface area contributed by atoms with Gasteiger partial charge in [0.1, 0.15) is 5.75 Å². The Morgan fingerprint density at radius 3 is 2.85 bits per heavy atom. The van der Waals surface area contributed by atoms with Crippen molar-refractivity contribution in [3.05, 3.63) is 36.0 Å². The monoisotopic (exact) mass is 272 g/mol. The quantitative estimate of drug-likeness (QED) is 0.833. The maximum atomic E-state index is 6.05. The minimum absolute atomic E-state index is 0.583. The van der Waals surface area contributed by atoms with Crippen LogP contribution in [0.5, 0.6) is 5.75 Å². The van der Waals surface area contributed by atoms with E-state index >= 15 is 0 Å². The average molecular weight is 272 g/mol. The predicted octanol–water partition coefficient (Wildman–Crippen LogP) is 3.77. The second-order valence-electron chi connectivity index (χ2n) is 5.36. The molecular formula is C17H24N2O. The molecule has 3 heteroatoms. The molecule has 0 bridgehead atoms. The number of nitrogens with one attached hydrogen (secondary N) is 1. The van der Waals surface area contributed by atoms with Gasteiger partial charge < -0.3 is 10.1 Å². The van der Waals surface area contributed by atoms with Crippen molar-refractivity contribution in [2.45, 2.75) is 33.2 Å². The highest BCUT2D eigenvalue weighted by Gasteiger charge is 2.08. The maximum Gasteiger partial charge on any atom is 0.130 e. The lowest BCUT2D eigenvalue weighted by atomic mass is 10.1. The van der Waals surface area contributed by atoms with Gasteiger partial charge in [0.05, 0.1) is 17.8 Å². The fourth-order valence-corrected chi connectivity index (χ4v) is 2.39. The van der Waals surface area contributed by atoms with Crippen molar-refractivity contribution in [1.29, 1.82) is 0 Å². The average Bonchev–Trinajstić information content (AvgIpc) is 2.45. The molecule has 0 fully saturated rings. The zero-order valence-corrected chi connectivity index (χ0v) is 12.6. The maximum absolute atomic E-state index is 6.05. The standard InChI is InChI=1S/C17H24N2O/c1-4-7-13(2)12-20-17-10-14(11-18-3)19-16-9-6-5-8-15(16)17/h5-6,8-10,13,18H,4,7,11-12H2,1-3H3. The van der Waals surface area contributed by atoms with Gasteiger partial charge in [-0.3, -0.25) is 4.98 Å². The lowest BCUT2D eigenvalue weighted by molar-refractivity contribution is 0.254. The Bertz CT molecular complexity index is 554. The van der Waals surface area contributed by atoms with E-state index in [-0.39, 0.29) is 0 Å². The third-order valence-electron chi connectivity index (χ3n) is 3.39. The van der Waals surface area contributed by atoms with Crippen molar-refractivity contribution in [3.8, 4) is 5.75 Å². The summed E-state index contributed by atoms with van der Waals surface area (Å²) in [5, 5.41) is 4.24. The number of rotatable bonds is 7. The van der Waals surface area contributed by atoms with Crippen LogP contribution in [0, 0.1) is 5.92 Å². The molecule has 0 aliphatic carbocycles. The molecule has 0 aliphatic heterocycles. The normalized spacial score (nSPS) is 12.6. The lowest BCUT2D eigenvalue weighted by Crippen LogP contribution is -2.10. The Morgan fingerprint density at radius 1 is 1.30 bits per heavy atom. The molecule has 20 heavy (non-hydrogen) atoms. The van der Waals surface area contributed by atoms with Gasteiger partial charge in [-0.25, -0.2) is 0 Å². The van der Waals surface area contributed by atoms with Gasteiger partial charge in [0, 0.05) is 18.0 Å². The Balaban J connectivity index is 2.25. The molecule has 1 aromatic heterocycles. The van der Waals surface area contributed by atoms with E-state index in [0.717, 1.165) is 35.5 Å². The van der Waals surface area contributed by atoms with E-state index in [9.17, 15) is 0 Å². The number of aromatic nitrogens is 1. The summed E-state index contributed by atoms with van der Waals surface area (Å²) in [5.41, 5.74) is 2.02. The van der Waals surface area contributed by atoms with Gasteiger partial charge >= 0.3 is 0 Å². The predicted molar refractivity (Wildman–Crippen MR) is 84.1 cm³/mol. The Hall–Kier alpha value is -1.61. The molecule has 0 saturated heterocycles. The SMILES string of the molecule is CCCC(C)COc1cc(CNC)nc2ccccc12. The molecule has 0 amide bonds. The first-order valence-electron chi connectivity index (χ1n) is 7.40. The molecule has 0 radical (unpaired) electrons. The molecule has 1 unspecified atom stereocenters.